The van der Waals surface area contributed by atoms with Gasteiger partial charge in [0, 0.05) is 37.2 Å². The molecule has 1 fully saturated rings. The van der Waals surface area contributed by atoms with Crippen molar-refractivity contribution >= 4 is 11.5 Å². The number of cyclic esters (lactones) is 1. The maximum atomic E-state index is 13.5. The van der Waals surface area contributed by atoms with Gasteiger partial charge in [-0.2, -0.15) is 0 Å². The SMILES string of the molecule is COc1cc(CC2=C(c3ccc4c(c3)OCO4)C(=O)OC2(O)c2ccc(OCCN3CCOCC3)cc2)cc(OC)c1OC. The van der Waals surface area contributed by atoms with Crippen LogP contribution < -0.4 is 28.4 Å². The molecule has 3 aliphatic rings. The molecule has 0 amide bonds. The molecule has 0 bridgehead atoms. The summed E-state index contributed by atoms with van der Waals surface area (Å²) < 4.78 is 44.8. The number of fused-ring (bicyclic) bond motifs is 1. The highest BCUT2D eigenvalue weighted by Crippen LogP contribution is 2.47. The lowest BCUT2D eigenvalue weighted by atomic mass is 9.88. The zero-order chi connectivity index (χ0) is 30.7. The van der Waals surface area contributed by atoms with E-state index in [0.29, 0.717) is 63.4 Å². The number of nitrogens with zero attached hydrogens (tertiary/aromatic N) is 1. The Morgan fingerprint density at radius 3 is 2.27 bits per heavy atom. The lowest BCUT2D eigenvalue weighted by molar-refractivity contribution is -0.185. The van der Waals surface area contributed by atoms with E-state index in [-0.39, 0.29) is 18.8 Å². The third-order valence-electron chi connectivity index (χ3n) is 7.95. The molecule has 1 N–H and O–H groups in total. The highest BCUT2D eigenvalue weighted by molar-refractivity contribution is 6.20. The van der Waals surface area contributed by atoms with Gasteiger partial charge in [-0.25, -0.2) is 4.79 Å². The summed E-state index contributed by atoms with van der Waals surface area (Å²) in [5, 5.41) is 12.2. The Morgan fingerprint density at radius 2 is 1.59 bits per heavy atom. The molecular formula is C33H35NO10. The molecule has 11 nitrogen and oxygen atoms in total. The fourth-order valence-electron chi connectivity index (χ4n) is 5.66. The van der Waals surface area contributed by atoms with Gasteiger partial charge in [0.25, 0.3) is 5.79 Å². The highest BCUT2D eigenvalue weighted by atomic mass is 16.7. The molecule has 0 spiro atoms. The maximum Gasteiger partial charge on any atom is 0.342 e. The van der Waals surface area contributed by atoms with Crippen LogP contribution in [0.4, 0.5) is 0 Å². The van der Waals surface area contributed by atoms with Gasteiger partial charge >= 0.3 is 5.97 Å². The largest absolute Gasteiger partial charge is 0.493 e. The van der Waals surface area contributed by atoms with Gasteiger partial charge < -0.3 is 43.0 Å². The van der Waals surface area contributed by atoms with Crippen LogP contribution in [0.3, 0.4) is 0 Å². The summed E-state index contributed by atoms with van der Waals surface area (Å²) in [4.78, 5) is 15.8. The second-order valence-electron chi connectivity index (χ2n) is 10.5. The molecule has 6 rings (SSSR count). The van der Waals surface area contributed by atoms with E-state index >= 15 is 0 Å². The van der Waals surface area contributed by atoms with E-state index < -0.39 is 11.8 Å². The predicted octanol–water partition coefficient (Wildman–Crippen LogP) is 3.55. The lowest BCUT2D eigenvalue weighted by Crippen LogP contribution is -2.38. The van der Waals surface area contributed by atoms with Crippen LogP contribution in [0.15, 0.2) is 60.2 Å². The van der Waals surface area contributed by atoms with Gasteiger partial charge in [0.15, 0.2) is 23.0 Å². The van der Waals surface area contributed by atoms with E-state index in [2.05, 4.69) is 4.90 Å². The van der Waals surface area contributed by atoms with Crippen LogP contribution in [-0.4, -0.2) is 83.6 Å². The van der Waals surface area contributed by atoms with Crippen LogP contribution in [0.5, 0.6) is 34.5 Å². The van der Waals surface area contributed by atoms with Gasteiger partial charge in [-0.05, 0) is 59.7 Å². The summed E-state index contributed by atoms with van der Waals surface area (Å²) in [6, 6.07) is 15.7. The van der Waals surface area contributed by atoms with Crippen LogP contribution in [0.2, 0.25) is 0 Å². The summed E-state index contributed by atoms with van der Waals surface area (Å²) in [6.45, 7) is 4.61. The summed E-state index contributed by atoms with van der Waals surface area (Å²) in [5.41, 5.74) is 2.18. The third kappa shape index (κ3) is 5.73. The topological polar surface area (TPSA) is 114 Å². The first-order valence-electron chi connectivity index (χ1n) is 14.3. The zero-order valence-electron chi connectivity index (χ0n) is 24.9. The van der Waals surface area contributed by atoms with Crippen molar-refractivity contribution in [3.8, 4) is 34.5 Å². The van der Waals surface area contributed by atoms with Crippen molar-refractivity contribution in [2.24, 2.45) is 0 Å². The Balaban J connectivity index is 1.35. The van der Waals surface area contributed by atoms with E-state index in [1.54, 1.807) is 54.6 Å². The molecule has 3 heterocycles. The molecule has 11 heteroatoms. The van der Waals surface area contributed by atoms with Crippen molar-refractivity contribution in [1.29, 1.82) is 0 Å². The molecule has 3 aromatic rings. The monoisotopic (exact) mass is 605 g/mol. The first-order chi connectivity index (χ1) is 21.4. The van der Waals surface area contributed by atoms with E-state index in [1.807, 2.05) is 0 Å². The number of benzene rings is 3. The van der Waals surface area contributed by atoms with E-state index in [1.165, 1.54) is 21.3 Å². The zero-order valence-corrected chi connectivity index (χ0v) is 24.9. The van der Waals surface area contributed by atoms with Crippen LogP contribution in [0.1, 0.15) is 16.7 Å². The number of morpholine rings is 1. The lowest BCUT2D eigenvalue weighted by Gasteiger charge is -2.27. The molecule has 0 saturated carbocycles. The third-order valence-corrected chi connectivity index (χ3v) is 7.95. The number of esters is 1. The fraction of sp³-hybridized carbons (Fsp3) is 0.364. The number of methoxy groups -OCH3 is 3. The van der Waals surface area contributed by atoms with E-state index in [9.17, 15) is 9.90 Å². The molecule has 0 radical (unpaired) electrons. The van der Waals surface area contributed by atoms with Crippen molar-refractivity contribution < 1.29 is 47.8 Å². The Bertz CT molecular complexity index is 1520. The van der Waals surface area contributed by atoms with Crippen LogP contribution in [0.25, 0.3) is 5.57 Å². The van der Waals surface area contributed by atoms with Gasteiger partial charge in [0.05, 0.1) is 40.1 Å². The molecule has 0 aromatic heterocycles. The van der Waals surface area contributed by atoms with E-state index in [0.717, 1.165) is 32.8 Å². The Morgan fingerprint density at radius 1 is 0.886 bits per heavy atom. The first-order valence-corrected chi connectivity index (χ1v) is 14.3. The number of hydrogen-bond acceptors (Lipinski definition) is 11. The first kappa shape index (κ1) is 29.6. The number of carbonyl (C=O) groups excluding carboxylic acids is 1. The number of carbonyl (C=O) groups is 1. The summed E-state index contributed by atoms with van der Waals surface area (Å²) in [6.07, 6.45) is 0.126. The molecule has 232 valence electrons. The van der Waals surface area contributed by atoms with Crippen molar-refractivity contribution in [2.45, 2.75) is 12.2 Å². The van der Waals surface area contributed by atoms with Crippen LogP contribution in [0, 0.1) is 0 Å². The summed E-state index contributed by atoms with van der Waals surface area (Å²) in [5.74, 6) is 0.312. The highest BCUT2D eigenvalue weighted by Gasteiger charge is 2.48. The average Bonchev–Trinajstić information content (AvgIpc) is 3.62. The number of ether oxygens (including phenoxy) is 8. The van der Waals surface area contributed by atoms with Crippen molar-refractivity contribution in [2.75, 3.05) is 67.6 Å². The summed E-state index contributed by atoms with van der Waals surface area (Å²) in [7, 11) is 4.58. The molecule has 1 unspecified atom stereocenters. The molecule has 1 atom stereocenters. The minimum absolute atomic E-state index is 0.0887. The Hall–Kier alpha value is -4.45. The van der Waals surface area contributed by atoms with Crippen molar-refractivity contribution in [1.82, 2.24) is 4.90 Å². The van der Waals surface area contributed by atoms with Crippen LogP contribution >= 0.6 is 0 Å². The number of rotatable bonds is 11. The minimum Gasteiger partial charge on any atom is -0.493 e. The normalized spacial score (nSPS) is 19.6. The maximum absolute atomic E-state index is 13.5. The smallest absolute Gasteiger partial charge is 0.342 e. The number of hydrogen-bond donors (Lipinski definition) is 1. The van der Waals surface area contributed by atoms with Crippen molar-refractivity contribution in [3.05, 3.63) is 76.9 Å². The molecule has 3 aliphatic heterocycles. The number of aliphatic hydroxyl groups is 1. The molecule has 3 aromatic carbocycles. The van der Waals surface area contributed by atoms with Gasteiger partial charge in [-0.1, -0.05) is 6.07 Å². The fourth-order valence-corrected chi connectivity index (χ4v) is 5.66. The second-order valence-corrected chi connectivity index (χ2v) is 10.5. The van der Waals surface area contributed by atoms with Gasteiger partial charge in [0.2, 0.25) is 12.5 Å². The van der Waals surface area contributed by atoms with Crippen molar-refractivity contribution in [3.63, 3.8) is 0 Å². The molecule has 44 heavy (non-hydrogen) atoms. The standard InChI is InChI=1S/C33H35NO10/c1-37-28-17-21(18-29(38-2)31(28)39-3)16-25-30(22-4-9-26-27(19-22)43-20-42-26)32(35)44-33(25,36)23-5-7-24(8-6-23)41-15-12-34-10-13-40-14-11-34/h4-9,17-19,36H,10-16,20H2,1-3H3. The quantitative estimate of drug-likeness (QED) is 0.324. The predicted molar refractivity (Wildman–Crippen MR) is 158 cm³/mol. The molecule has 0 aliphatic carbocycles. The Labute approximate surface area is 255 Å². The average molecular weight is 606 g/mol. The van der Waals surface area contributed by atoms with Gasteiger partial charge in [-0.3, -0.25) is 4.90 Å². The molecular weight excluding hydrogens is 570 g/mol. The second kappa shape index (κ2) is 12.7. The van der Waals surface area contributed by atoms with Gasteiger partial charge in [-0.15, -0.1) is 0 Å². The van der Waals surface area contributed by atoms with E-state index in [4.69, 9.17) is 37.9 Å². The Kier molecular flexibility index (Phi) is 8.51. The molecule has 1 saturated heterocycles. The minimum atomic E-state index is -2.06. The summed E-state index contributed by atoms with van der Waals surface area (Å²) >= 11 is 0. The van der Waals surface area contributed by atoms with Gasteiger partial charge in [0.1, 0.15) is 12.4 Å². The van der Waals surface area contributed by atoms with Crippen LogP contribution in [-0.2, 0) is 26.5 Å².